The van der Waals surface area contributed by atoms with Crippen molar-refractivity contribution in [3.63, 3.8) is 0 Å². The van der Waals surface area contributed by atoms with Gasteiger partial charge in [-0.2, -0.15) is 0 Å². The molecule has 0 radical (unpaired) electrons. The Morgan fingerprint density at radius 2 is 2.06 bits per heavy atom. The molecule has 1 heterocycles. The molecule has 94 valence electrons. The quantitative estimate of drug-likeness (QED) is 0.849. The first-order chi connectivity index (χ1) is 8.01. The molecule has 1 N–H and O–H groups in total. The van der Waals surface area contributed by atoms with Gasteiger partial charge in [-0.1, -0.05) is 26.3 Å². The zero-order valence-electron chi connectivity index (χ0n) is 11.1. The van der Waals surface area contributed by atoms with Crippen molar-refractivity contribution in [1.82, 2.24) is 4.98 Å². The Hall–Kier alpha value is -0.890. The zero-order chi connectivity index (χ0) is 12.5. The van der Waals surface area contributed by atoms with Gasteiger partial charge in [0.05, 0.1) is 5.60 Å². The Morgan fingerprint density at radius 1 is 1.29 bits per heavy atom. The summed E-state index contributed by atoms with van der Waals surface area (Å²) in [6.45, 7) is 6.56. The number of aliphatic hydroxyl groups is 1. The van der Waals surface area contributed by atoms with Crippen molar-refractivity contribution >= 4 is 0 Å². The van der Waals surface area contributed by atoms with Gasteiger partial charge in [-0.3, -0.25) is 4.98 Å². The van der Waals surface area contributed by atoms with Crippen molar-refractivity contribution in [2.45, 2.75) is 45.6 Å². The third-order valence-corrected chi connectivity index (χ3v) is 4.64. The Labute approximate surface area is 104 Å². The highest BCUT2D eigenvalue weighted by molar-refractivity contribution is 5.18. The molecule has 1 aromatic rings. The molecule has 1 aliphatic carbocycles. The Morgan fingerprint density at radius 3 is 2.65 bits per heavy atom. The number of nitrogens with zero attached hydrogens (tertiary/aromatic N) is 1. The van der Waals surface area contributed by atoms with Crippen molar-refractivity contribution in [2.24, 2.45) is 17.8 Å². The first-order valence-electron chi connectivity index (χ1n) is 6.64. The van der Waals surface area contributed by atoms with Gasteiger partial charge in [0.25, 0.3) is 0 Å². The van der Waals surface area contributed by atoms with E-state index in [2.05, 4.69) is 18.8 Å². The summed E-state index contributed by atoms with van der Waals surface area (Å²) in [6.07, 6.45) is 7.01. The van der Waals surface area contributed by atoms with E-state index in [0.29, 0.717) is 11.8 Å². The summed E-state index contributed by atoms with van der Waals surface area (Å²) >= 11 is 0. The van der Waals surface area contributed by atoms with E-state index < -0.39 is 5.60 Å². The summed E-state index contributed by atoms with van der Waals surface area (Å²) in [6, 6.07) is 3.88. The van der Waals surface area contributed by atoms with Crippen LogP contribution in [0.5, 0.6) is 0 Å². The lowest BCUT2D eigenvalue weighted by atomic mass is 9.68. The summed E-state index contributed by atoms with van der Waals surface area (Å²) < 4.78 is 0. The van der Waals surface area contributed by atoms with E-state index in [4.69, 9.17) is 0 Å². The van der Waals surface area contributed by atoms with Crippen LogP contribution >= 0.6 is 0 Å². The monoisotopic (exact) mass is 233 g/mol. The Bertz CT molecular complexity index is 360. The first-order valence-corrected chi connectivity index (χ1v) is 6.64. The highest BCUT2D eigenvalue weighted by atomic mass is 16.3. The fourth-order valence-electron chi connectivity index (χ4n) is 2.96. The van der Waals surface area contributed by atoms with E-state index in [1.54, 1.807) is 12.4 Å². The van der Waals surface area contributed by atoms with Crippen molar-refractivity contribution in [2.75, 3.05) is 0 Å². The van der Waals surface area contributed by atoms with Crippen LogP contribution in [0.1, 0.15) is 45.6 Å². The van der Waals surface area contributed by atoms with Gasteiger partial charge in [-0.25, -0.2) is 0 Å². The molecule has 4 unspecified atom stereocenters. The largest absolute Gasteiger partial charge is 0.385 e. The maximum atomic E-state index is 10.8. The van der Waals surface area contributed by atoms with Crippen LogP contribution < -0.4 is 0 Å². The molecule has 1 aromatic heterocycles. The lowest BCUT2D eigenvalue weighted by Gasteiger charge is -2.40. The molecule has 1 fully saturated rings. The second-order valence-corrected chi connectivity index (χ2v) is 5.85. The highest BCUT2D eigenvalue weighted by Crippen LogP contribution is 2.42. The Balaban J connectivity index is 2.16. The van der Waals surface area contributed by atoms with Crippen LogP contribution in [0.25, 0.3) is 0 Å². The van der Waals surface area contributed by atoms with Gasteiger partial charge in [0.1, 0.15) is 0 Å². The van der Waals surface area contributed by atoms with Gasteiger partial charge in [0, 0.05) is 18.0 Å². The minimum Gasteiger partial charge on any atom is -0.385 e. The number of pyridine rings is 1. The summed E-state index contributed by atoms with van der Waals surface area (Å²) in [7, 11) is 0. The molecule has 1 saturated carbocycles. The van der Waals surface area contributed by atoms with Crippen LogP contribution in [0.3, 0.4) is 0 Å². The van der Waals surface area contributed by atoms with Crippen molar-refractivity contribution in [3.8, 4) is 0 Å². The third-order valence-electron chi connectivity index (χ3n) is 4.64. The molecule has 0 bridgehead atoms. The van der Waals surface area contributed by atoms with E-state index in [-0.39, 0.29) is 0 Å². The van der Waals surface area contributed by atoms with Crippen LogP contribution in [-0.2, 0) is 5.60 Å². The minimum atomic E-state index is -0.733. The fourth-order valence-corrected chi connectivity index (χ4v) is 2.96. The topological polar surface area (TPSA) is 33.1 Å². The number of hydrogen-bond donors (Lipinski definition) is 1. The molecule has 2 rings (SSSR count). The average molecular weight is 233 g/mol. The summed E-state index contributed by atoms with van der Waals surface area (Å²) in [5.74, 6) is 1.85. The van der Waals surface area contributed by atoms with E-state index in [1.165, 1.54) is 6.42 Å². The molecule has 0 amide bonds. The van der Waals surface area contributed by atoms with Crippen LogP contribution in [0, 0.1) is 17.8 Å². The molecule has 4 atom stereocenters. The molecule has 2 nitrogen and oxygen atoms in total. The molecule has 2 heteroatoms. The summed E-state index contributed by atoms with van der Waals surface area (Å²) in [5.41, 5.74) is 0.217. The molecule has 1 aliphatic rings. The van der Waals surface area contributed by atoms with Crippen LogP contribution in [-0.4, -0.2) is 10.1 Å². The van der Waals surface area contributed by atoms with Crippen molar-refractivity contribution < 1.29 is 5.11 Å². The number of hydrogen-bond acceptors (Lipinski definition) is 2. The van der Waals surface area contributed by atoms with Gasteiger partial charge in [-0.05, 0) is 43.6 Å². The third kappa shape index (κ3) is 2.52. The normalized spacial score (nSPS) is 33.1. The second-order valence-electron chi connectivity index (χ2n) is 5.85. The fraction of sp³-hybridized carbons (Fsp3) is 0.667. The molecule has 0 spiro atoms. The average Bonchev–Trinajstić information content (AvgIpc) is 2.33. The predicted octanol–water partition coefficient (Wildman–Crippen LogP) is 3.36. The molecular weight excluding hydrogens is 210 g/mol. The van der Waals surface area contributed by atoms with Gasteiger partial charge >= 0.3 is 0 Å². The number of rotatable bonds is 2. The second kappa shape index (κ2) is 4.77. The van der Waals surface area contributed by atoms with E-state index >= 15 is 0 Å². The lowest BCUT2D eigenvalue weighted by Crippen LogP contribution is -2.37. The van der Waals surface area contributed by atoms with Crippen LogP contribution in [0.4, 0.5) is 0 Å². The van der Waals surface area contributed by atoms with Gasteiger partial charge in [0.15, 0.2) is 0 Å². The van der Waals surface area contributed by atoms with Crippen molar-refractivity contribution in [3.05, 3.63) is 30.1 Å². The van der Waals surface area contributed by atoms with E-state index in [9.17, 15) is 5.11 Å². The van der Waals surface area contributed by atoms with Gasteiger partial charge in [-0.15, -0.1) is 0 Å². The summed E-state index contributed by atoms with van der Waals surface area (Å²) in [5, 5.41) is 10.8. The Kier molecular flexibility index (Phi) is 3.53. The van der Waals surface area contributed by atoms with Crippen molar-refractivity contribution in [1.29, 1.82) is 0 Å². The predicted molar refractivity (Wildman–Crippen MR) is 69.5 cm³/mol. The first kappa shape index (κ1) is 12.6. The van der Waals surface area contributed by atoms with Crippen LogP contribution in [0.15, 0.2) is 24.5 Å². The highest BCUT2D eigenvalue weighted by Gasteiger charge is 2.38. The van der Waals surface area contributed by atoms with Gasteiger partial charge < -0.3 is 5.11 Å². The van der Waals surface area contributed by atoms with E-state index in [1.807, 2.05) is 19.1 Å². The zero-order valence-corrected chi connectivity index (χ0v) is 11.1. The van der Waals surface area contributed by atoms with E-state index in [0.717, 1.165) is 24.3 Å². The smallest absolute Gasteiger partial charge is 0.0911 e. The standard InChI is InChI=1S/C15H23NO/c1-11-6-7-13(9-12(11)2)15(3,17)14-5-4-8-16-10-14/h4-5,8,10-13,17H,6-7,9H2,1-3H3. The minimum absolute atomic E-state index is 0.359. The number of aromatic nitrogens is 1. The lowest BCUT2D eigenvalue weighted by molar-refractivity contribution is -0.0373. The SMILES string of the molecule is CC1CCC(C(C)(O)c2cccnc2)CC1C. The van der Waals surface area contributed by atoms with Crippen LogP contribution in [0.2, 0.25) is 0 Å². The molecule has 0 aromatic carbocycles. The molecule has 0 saturated heterocycles. The maximum Gasteiger partial charge on any atom is 0.0911 e. The molecule has 17 heavy (non-hydrogen) atoms. The molecular formula is C15H23NO. The van der Waals surface area contributed by atoms with Gasteiger partial charge in [0.2, 0.25) is 0 Å². The maximum absolute atomic E-state index is 10.8. The molecule has 0 aliphatic heterocycles. The summed E-state index contributed by atoms with van der Waals surface area (Å²) in [4.78, 5) is 4.12.